The Kier molecular flexibility index (Phi) is 5.55. The molecule has 22 heavy (non-hydrogen) atoms. The summed E-state index contributed by atoms with van der Waals surface area (Å²) in [7, 11) is 1.86. The molecule has 2 amide bonds. The molecule has 120 valence electrons. The predicted octanol–water partition coefficient (Wildman–Crippen LogP) is 1.26. The monoisotopic (exact) mass is 303 g/mol. The van der Waals surface area contributed by atoms with E-state index in [0.717, 1.165) is 19.4 Å². The highest BCUT2D eigenvalue weighted by Crippen LogP contribution is 2.30. The topological polar surface area (TPSA) is 61.4 Å². The van der Waals surface area contributed by atoms with E-state index in [2.05, 4.69) is 10.6 Å². The van der Waals surface area contributed by atoms with Crippen molar-refractivity contribution in [1.82, 2.24) is 15.5 Å². The number of hydrogen-bond acceptors (Lipinski definition) is 3. The number of nitrogens with one attached hydrogen (secondary N) is 2. The summed E-state index contributed by atoms with van der Waals surface area (Å²) in [5.74, 6) is 0.0443. The van der Waals surface area contributed by atoms with Crippen molar-refractivity contribution in [3.63, 3.8) is 0 Å². The average Bonchev–Trinajstić information content (AvgIpc) is 2.55. The van der Waals surface area contributed by atoms with Gasteiger partial charge in [0.25, 0.3) is 5.91 Å². The fourth-order valence-corrected chi connectivity index (χ4v) is 2.88. The summed E-state index contributed by atoms with van der Waals surface area (Å²) in [5, 5.41) is 5.96. The Hall–Kier alpha value is -1.88. The fraction of sp³-hybridized carbons (Fsp3) is 0.529. The maximum atomic E-state index is 12.6. The molecule has 0 bridgehead atoms. The number of hydrogen-bond donors (Lipinski definition) is 2. The SMILES string of the molecule is CNCCNC(=O)C1(C)CCCN(C(=O)c2ccccc2)C1. The Morgan fingerprint density at radius 2 is 1.95 bits per heavy atom. The third-order valence-electron chi connectivity index (χ3n) is 4.21. The molecule has 1 atom stereocenters. The van der Waals surface area contributed by atoms with Gasteiger partial charge in [-0.25, -0.2) is 0 Å². The zero-order valence-electron chi connectivity index (χ0n) is 13.4. The van der Waals surface area contributed by atoms with Gasteiger partial charge in [-0.2, -0.15) is 0 Å². The zero-order chi connectivity index (χ0) is 16.0. The molecule has 1 aliphatic rings. The van der Waals surface area contributed by atoms with Crippen molar-refractivity contribution in [3.8, 4) is 0 Å². The number of likely N-dealkylation sites (tertiary alicyclic amines) is 1. The third-order valence-corrected chi connectivity index (χ3v) is 4.21. The molecule has 0 spiro atoms. The molecule has 5 heteroatoms. The Labute approximate surface area is 132 Å². The van der Waals surface area contributed by atoms with Crippen LogP contribution >= 0.6 is 0 Å². The van der Waals surface area contributed by atoms with E-state index in [1.807, 2.05) is 44.3 Å². The van der Waals surface area contributed by atoms with Gasteiger partial charge in [0.15, 0.2) is 0 Å². The van der Waals surface area contributed by atoms with E-state index in [1.165, 1.54) is 0 Å². The van der Waals surface area contributed by atoms with Gasteiger partial charge in [0, 0.05) is 31.7 Å². The molecular formula is C17H25N3O2. The largest absolute Gasteiger partial charge is 0.354 e. The molecular weight excluding hydrogens is 278 g/mol. The van der Waals surface area contributed by atoms with E-state index in [9.17, 15) is 9.59 Å². The summed E-state index contributed by atoms with van der Waals surface area (Å²) >= 11 is 0. The second kappa shape index (κ2) is 7.40. The minimum atomic E-state index is -0.504. The number of amides is 2. The standard InChI is InChI=1S/C17H25N3O2/c1-17(16(22)19-11-10-18-2)9-6-12-20(13-17)15(21)14-7-4-3-5-8-14/h3-5,7-8,18H,6,9-13H2,1-2H3,(H,19,22). The molecule has 1 saturated heterocycles. The van der Waals surface area contributed by atoms with Gasteiger partial charge in [0.1, 0.15) is 0 Å². The highest BCUT2D eigenvalue weighted by molar-refractivity contribution is 5.95. The Morgan fingerprint density at radius 1 is 1.23 bits per heavy atom. The van der Waals surface area contributed by atoms with Crippen LogP contribution in [0.1, 0.15) is 30.1 Å². The lowest BCUT2D eigenvalue weighted by atomic mass is 9.80. The lowest BCUT2D eigenvalue weighted by molar-refractivity contribution is -0.132. The van der Waals surface area contributed by atoms with Crippen molar-refractivity contribution in [2.45, 2.75) is 19.8 Å². The van der Waals surface area contributed by atoms with Crippen LogP contribution < -0.4 is 10.6 Å². The van der Waals surface area contributed by atoms with Crippen LogP contribution in [0.3, 0.4) is 0 Å². The first-order valence-electron chi connectivity index (χ1n) is 7.84. The highest BCUT2D eigenvalue weighted by atomic mass is 16.2. The molecule has 0 radical (unpaired) electrons. The van der Waals surface area contributed by atoms with Gasteiger partial charge in [-0.15, -0.1) is 0 Å². The number of rotatable bonds is 5. The summed E-state index contributed by atoms with van der Waals surface area (Å²) in [4.78, 5) is 26.8. The van der Waals surface area contributed by atoms with Crippen LogP contribution in [0.15, 0.2) is 30.3 Å². The molecule has 0 aromatic heterocycles. The van der Waals surface area contributed by atoms with E-state index in [-0.39, 0.29) is 11.8 Å². The first kappa shape index (κ1) is 16.5. The second-order valence-electron chi connectivity index (χ2n) is 6.12. The number of likely N-dealkylation sites (N-methyl/N-ethyl adjacent to an activating group) is 1. The first-order valence-corrected chi connectivity index (χ1v) is 7.84. The number of benzene rings is 1. The van der Waals surface area contributed by atoms with Gasteiger partial charge in [0.05, 0.1) is 5.41 Å². The molecule has 1 heterocycles. The van der Waals surface area contributed by atoms with Crippen LogP contribution in [-0.4, -0.2) is 49.9 Å². The molecule has 1 unspecified atom stereocenters. The molecule has 1 aromatic carbocycles. The third kappa shape index (κ3) is 3.85. The van der Waals surface area contributed by atoms with Crippen LogP contribution in [-0.2, 0) is 4.79 Å². The van der Waals surface area contributed by atoms with Crippen LogP contribution in [0.25, 0.3) is 0 Å². The number of carbonyl (C=O) groups is 2. The zero-order valence-corrected chi connectivity index (χ0v) is 13.4. The summed E-state index contributed by atoms with van der Waals surface area (Å²) < 4.78 is 0. The van der Waals surface area contributed by atoms with E-state index in [1.54, 1.807) is 4.90 Å². The van der Waals surface area contributed by atoms with Crippen molar-refractivity contribution < 1.29 is 9.59 Å². The summed E-state index contributed by atoms with van der Waals surface area (Å²) in [6, 6.07) is 9.26. The smallest absolute Gasteiger partial charge is 0.253 e. The molecule has 1 aliphatic heterocycles. The normalized spacial score (nSPS) is 21.5. The van der Waals surface area contributed by atoms with Crippen molar-refractivity contribution in [2.24, 2.45) is 5.41 Å². The van der Waals surface area contributed by atoms with Crippen LogP contribution in [0, 0.1) is 5.41 Å². The Bertz CT molecular complexity index is 518. The Morgan fingerprint density at radius 3 is 2.64 bits per heavy atom. The average molecular weight is 303 g/mol. The minimum Gasteiger partial charge on any atom is -0.354 e. The van der Waals surface area contributed by atoms with Crippen LogP contribution in [0.2, 0.25) is 0 Å². The number of piperidine rings is 1. The summed E-state index contributed by atoms with van der Waals surface area (Å²) in [5.41, 5.74) is 0.179. The molecule has 2 rings (SSSR count). The lowest BCUT2D eigenvalue weighted by Gasteiger charge is -2.39. The van der Waals surface area contributed by atoms with Crippen molar-refractivity contribution in [2.75, 3.05) is 33.2 Å². The lowest BCUT2D eigenvalue weighted by Crippen LogP contribution is -2.52. The molecule has 1 aromatic rings. The summed E-state index contributed by atoms with van der Waals surface area (Å²) in [6.45, 7) is 4.50. The van der Waals surface area contributed by atoms with E-state index in [4.69, 9.17) is 0 Å². The highest BCUT2D eigenvalue weighted by Gasteiger charge is 2.39. The maximum absolute atomic E-state index is 12.6. The van der Waals surface area contributed by atoms with E-state index >= 15 is 0 Å². The van der Waals surface area contributed by atoms with Crippen molar-refractivity contribution in [1.29, 1.82) is 0 Å². The minimum absolute atomic E-state index is 0.00884. The molecule has 0 aliphatic carbocycles. The fourth-order valence-electron chi connectivity index (χ4n) is 2.88. The van der Waals surface area contributed by atoms with Gasteiger partial charge in [0.2, 0.25) is 5.91 Å². The molecule has 2 N–H and O–H groups in total. The van der Waals surface area contributed by atoms with Crippen LogP contribution in [0.4, 0.5) is 0 Å². The van der Waals surface area contributed by atoms with Gasteiger partial charge >= 0.3 is 0 Å². The van der Waals surface area contributed by atoms with Crippen LogP contribution in [0.5, 0.6) is 0 Å². The maximum Gasteiger partial charge on any atom is 0.253 e. The quantitative estimate of drug-likeness (QED) is 0.805. The number of nitrogens with zero attached hydrogens (tertiary/aromatic N) is 1. The molecule has 5 nitrogen and oxygen atoms in total. The van der Waals surface area contributed by atoms with E-state index in [0.29, 0.717) is 25.2 Å². The Balaban J connectivity index is 2.01. The van der Waals surface area contributed by atoms with Gasteiger partial charge < -0.3 is 15.5 Å². The van der Waals surface area contributed by atoms with Gasteiger partial charge in [-0.1, -0.05) is 18.2 Å². The molecule has 0 saturated carbocycles. The van der Waals surface area contributed by atoms with Crippen molar-refractivity contribution >= 4 is 11.8 Å². The summed E-state index contributed by atoms with van der Waals surface area (Å²) in [6.07, 6.45) is 1.67. The second-order valence-corrected chi connectivity index (χ2v) is 6.12. The number of carbonyl (C=O) groups excluding carboxylic acids is 2. The predicted molar refractivity (Wildman–Crippen MR) is 86.6 cm³/mol. The van der Waals surface area contributed by atoms with Gasteiger partial charge in [-0.3, -0.25) is 9.59 Å². The van der Waals surface area contributed by atoms with E-state index < -0.39 is 5.41 Å². The molecule has 1 fully saturated rings. The van der Waals surface area contributed by atoms with Gasteiger partial charge in [-0.05, 0) is 38.9 Å². The van der Waals surface area contributed by atoms with Crippen molar-refractivity contribution in [3.05, 3.63) is 35.9 Å². The first-order chi connectivity index (χ1) is 10.6.